The first-order valence-corrected chi connectivity index (χ1v) is 14.1. The van der Waals surface area contributed by atoms with Gasteiger partial charge in [-0.3, -0.25) is 18.9 Å². The first-order valence-electron chi connectivity index (χ1n) is 13.3. The lowest BCUT2D eigenvalue weighted by Crippen LogP contribution is -2.47. The molecule has 1 aliphatic rings. The second-order valence-corrected chi connectivity index (χ2v) is 11.0. The highest BCUT2D eigenvalue weighted by atomic mass is 35.5. The molecule has 1 fully saturated rings. The first kappa shape index (κ1) is 28.1. The molecule has 0 bridgehead atoms. The summed E-state index contributed by atoms with van der Waals surface area (Å²) in [6.45, 7) is 2.60. The number of carbonyl (C=O) groups is 1. The van der Waals surface area contributed by atoms with Crippen LogP contribution in [0.2, 0.25) is 10.0 Å². The van der Waals surface area contributed by atoms with E-state index in [0.717, 1.165) is 46.5 Å². The van der Waals surface area contributed by atoms with E-state index >= 15 is 0 Å². The number of likely N-dealkylation sites (tertiary alicyclic amines) is 1. The van der Waals surface area contributed by atoms with Crippen molar-refractivity contribution in [2.24, 2.45) is 5.92 Å². The van der Waals surface area contributed by atoms with Gasteiger partial charge in [-0.1, -0.05) is 65.7 Å². The first-order chi connectivity index (χ1) is 20.4. The molecule has 5 aromatic rings. The largest absolute Gasteiger partial charge is 0.481 e. The van der Waals surface area contributed by atoms with Gasteiger partial charge in [-0.25, -0.2) is 9.97 Å². The molecule has 0 aliphatic carbocycles. The van der Waals surface area contributed by atoms with Crippen molar-refractivity contribution in [2.75, 3.05) is 26.8 Å². The molecular weight excluding hydrogens is 575 g/mol. The third-order valence-electron chi connectivity index (χ3n) is 7.56. The van der Waals surface area contributed by atoms with Gasteiger partial charge in [0.2, 0.25) is 5.88 Å². The standard InChI is InChI=1S/C32H26Cl2N4O4/c1-42-31-21(16-37-14-19(15-37)17-39)8-9-27(36-31)26-7-3-6-25(30(26)34)24-5-2-4-23(29(24)33)20-10-11-38-28(12-20)35-13-22(18-40)32(38)41/h2-13,18-19,39H,14-17H2,1H3. The monoisotopic (exact) mass is 600 g/mol. The van der Waals surface area contributed by atoms with Crippen molar-refractivity contribution in [3.8, 4) is 39.4 Å². The molecule has 0 atom stereocenters. The van der Waals surface area contributed by atoms with E-state index in [9.17, 15) is 14.7 Å². The minimum absolute atomic E-state index is 0.0103. The number of benzene rings is 2. The normalized spacial score (nSPS) is 13.7. The van der Waals surface area contributed by atoms with Crippen LogP contribution in [0.15, 0.2) is 77.9 Å². The Labute approximate surface area is 251 Å². The summed E-state index contributed by atoms with van der Waals surface area (Å²) in [4.78, 5) is 34.9. The van der Waals surface area contributed by atoms with Crippen molar-refractivity contribution in [3.05, 3.63) is 105 Å². The predicted molar refractivity (Wildman–Crippen MR) is 163 cm³/mol. The van der Waals surface area contributed by atoms with E-state index in [2.05, 4.69) is 9.88 Å². The summed E-state index contributed by atoms with van der Waals surface area (Å²) in [6.07, 6.45) is 3.35. The minimum atomic E-state index is -0.431. The maximum atomic E-state index is 12.5. The Morgan fingerprint density at radius 1 is 1.00 bits per heavy atom. The van der Waals surface area contributed by atoms with Gasteiger partial charge < -0.3 is 9.84 Å². The molecule has 4 heterocycles. The van der Waals surface area contributed by atoms with Crippen molar-refractivity contribution < 1.29 is 14.6 Å². The zero-order valence-corrected chi connectivity index (χ0v) is 24.1. The molecule has 42 heavy (non-hydrogen) atoms. The third-order valence-corrected chi connectivity index (χ3v) is 8.37. The zero-order chi connectivity index (χ0) is 29.4. The molecule has 1 aliphatic heterocycles. The summed E-state index contributed by atoms with van der Waals surface area (Å²) >= 11 is 14.0. The summed E-state index contributed by atoms with van der Waals surface area (Å²) < 4.78 is 6.95. The average Bonchev–Trinajstić information content (AvgIpc) is 2.99. The van der Waals surface area contributed by atoms with Crippen molar-refractivity contribution in [1.82, 2.24) is 19.3 Å². The number of pyridine rings is 2. The maximum Gasteiger partial charge on any atom is 0.268 e. The fourth-order valence-corrected chi connectivity index (χ4v) is 5.98. The van der Waals surface area contributed by atoms with Gasteiger partial charge in [0, 0.05) is 72.4 Å². The number of hydrogen-bond donors (Lipinski definition) is 1. The minimum Gasteiger partial charge on any atom is -0.481 e. The molecule has 10 heteroatoms. The van der Waals surface area contributed by atoms with E-state index in [1.54, 1.807) is 25.4 Å². The SMILES string of the molecule is COc1nc(-c2cccc(-c3cccc(-c4ccn5c(=O)c(C=O)cnc5c4)c3Cl)c2Cl)ccc1CN1CC(CO)C1. The number of halogens is 2. The van der Waals surface area contributed by atoms with Crippen LogP contribution in [0.25, 0.3) is 39.2 Å². The quantitative estimate of drug-likeness (QED) is 0.230. The van der Waals surface area contributed by atoms with Crippen molar-refractivity contribution in [3.63, 3.8) is 0 Å². The van der Waals surface area contributed by atoms with Crippen molar-refractivity contribution in [1.29, 1.82) is 0 Å². The van der Waals surface area contributed by atoms with Crippen LogP contribution in [0.5, 0.6) is 5.88 Å². The molecule has 1 saturated heterocycles. The number of fused-ring (bicyclic) bond motifs is 1. The highest BCUT2D eigenvalue weighted by molar-refractivity contribution is 6.39. The van der Waals surface area contributed by atoms with Gasteiger partial charge in [-0.2, -0.15) is 0 Å². The summed E-state index contributed by atoms with van der Waals surface area (Å²) in [6, 6.07) is 18.9. The predicted octanol–water partition coefficient (Wildman–Crippen LogP) is 5.64. The highest BCUT2D eigenvalue weighted by Gasteiger charge is 2.27. The molecule has 1 N–H and O–H groups in total. The van der Waals surface area contributed by atoms with Crippen LogP contribution in [0.4, 0.5) is 0 Å². The van der Waals surface area contributed by atoms with Gasteiger partial charge >= 0.3 is 0 Å². The number of rotatable bonds is 8. The maximum absolute atomic E-state index is 12.5. The molecule has 212 valence electrons. The number of aliphatic hydroxyl groups excluding tert-OH is 1. The topological polar surface area (TPSA) is 97.0 Å². The molecule has 0 spiro atoms. The molecule has 8 nitrogen and oxygen atoms in total. The molecular formula is C32H26Cl2N4O4. The molecule has 0 saturated carbocycles. The molecule has 2 aromatic carbocycles. The van der Waals surface area contributed by atoms with E-state index in [-0.39, 0.29) is 12.2 Å². The Balaban J connectivity index is 1.35. The number of nitrogens with zero attached hydrogens (tertiary/aromatic N) is 4. The molecule has 6 rings (SSSR count). The average molecular weight is 601 g/mol. The van der Waals surface area contributed by atoms with Crippen molar-refractivity contribution >= 4 is 35.1 Å². The summed E-state index contributed by atoms with van der Waals surface area (Å²) in [5.74, 6) is 0.861. The summed E-state index contributed by atoms with van der Waals surface area (Å²) in [5, 5.41) is 10.3. The lowest BCUT2D eigenvalue weighted by Gasteiger charge is -2.38. The second kappa shape index (κ2) is 11.7. The lowest BCUT2D eigenvalue weighted by atomic mass is 9.97. The van der Waals surface area contributed by atoms with E-state index in [0.29, 0.717) is 46.0 Å². The fourth-order valence-electron chi connectivity index (χ4n) is 5.32. The molecule has 0 radical (unpaired) electrons. The van der Waals surface area contributed by atoms with Gasteiger partial charge in [0.1, 0.15) is 5.65 Å². The highest BCUT2D eigenvalue weighted by Crippen LogP contribution is 2.42. The van der Waals surface area contributed by atoms with Gasteiger partial charge in [0.25, 0.3) is 5.56 Å². The van der Waals surface area contributed by atoms with Crippen LogP contribution in [-0.2, 0) is 6.54 Å². The molecule has 0 unspecified atom stereocenters. The third kappa shape index (κ3) is 5.07. The fraction of sp³-hybridized carbons (Fsp3) is 0.188. The Hall–Kier alpha value is -4.08. The Morgan fingerprint density at radius 3 is 2.38 bits per heavy atom. The Morgan fingerprint density at radius 2 is 1.69 bits per heavy atom. The van der Waals surface area contributed by atoms with Crippen molar-refractivity contribution in [2.45, 2.75) is 6.54 Å². The van der Waals surface area contributed by atoms with Crippen LogP contribution in [-0.4, -0.2) is 57.5 Å². The van der Waals surface area contributed by atoms with E-state index < -0.39 is 5.56 Å². The van der Waals surface area contributed by atoms with E-state index in [1.807, 2.05) is 48.5 Å². The summed E-state index contributed by atoms with van der Waals surface area (Å²) in [7, 11) is 1.60. The van der Waals surface area contributed by atoms with Crippen LogP contribution >= 0.6 is 23.2 Å². The van der Waals surface area contributed by atoms with Crippen LogP contribution in [0, 0.1) is 5.92 Å². The van der Waals surface area contributed by atoms with E-state index in [4.69, 9.17) is 32.9 Å². The number of aldehydes is 1. The number of ether oxygens (including phenoxy) is 1. The van der Waals surface area contributed by atoms with Gasteiger partial charge in [0.15, 0.2) is 6.29 Å². The number of hydrogen-bond acceptors (Lipinski definition) is 7. The smallest absolute Gasteiger partial charge is 0.268 e. The van der Waals surface area contributed by atoms with E-state index in [1.165, 1.54) is 10.6 Å². The number of aromatic nitrogens is 3. The van der Waals surface area contributed by atoms with Crippen LogP contribution in [0.3, 0.4) is 0 Å². The summed E-state index contributed by atoms with van der Waals surface area (Å²) in [5.41, 5.74) is 5.32. The lowest BCUT2D eigenvalue weighted by molar-refractivity contribution is 0.0472. The van der Waals surface area contributed by atoms with Gasteiger partial charge in [-0.05, 0) is 23.8 Å². The zero-order valence-electron chi connectivity index (χ0n) is 22.6. The van der Waals surface area contributed by atoms with Crippen LogP contribution in [0.1, 0.15) is 15.9 Å². The Kier molecular flexibility index (Phi) is 7.79. The number of methoxy groups -OCH3 is 1. The molecule has 0 amide bonds. The van der Waals surface area contributed by atoms with Gasteiger partial charge in [-0.15, -0.1) is 0 Å². The number of carbonyl (C=O) groups excluding carboxylic acids is 1. The second-order valence-electron chi connectivity index (χ2n) is 10.2. The van der Waals surface area contributed by atoms with Crippen LogP contribution < -0.4 is 10.3 Å². The molecule has 3 aromatic heterocycles. The number of aliphatic hydroxyl groups is 1. The Bertz CT molecular complexity index is 1890. The van der Waals surface area contributed by atoms with Gasteiger partial charge in [0.05, 0.1) is 28.4 Å².